The van der Waals surface area contributed by atoms with Crippen LogP contribution in [-0.2, 0) is 6.42 Å². The van der Waals surface area contributed by atoms with Crippen molar-refractivity contribution >= 4 is 6.03 Å². The number of urea groups is 1. The molecule has 1 aromatic rings. The predicted molar refractivity (Wildman–Crippen MR) is 82.1 cm³/mol. The first-order valence-corrected chi connectivity index (χ1v) is 6.58. The number of amides is 2. The molecule has 108 valence electrons. The normalized spacial score (nSPS) is 9.65. The van der Waals surface area contributed by atoms with Gasteiger partial charge in [0.1, 0.15) is 5.75 Å². The fraction of sp³-hybridized carbons (Fsp3) is 0.312. The van der Waals surface area contributed by atoms with Crippen molar-refractivity contribution in [3.63, 3.8) is 0 Å². The molecule has 4 nitrogen and oxygen atoms in total. The molecule has 0 aliphatic rings. The van der Waals surface area contributed by atoms with Gasteiger partial charge in [-0.3, -0.25) is 0 Å². The summed E-state index contributed by atoms with van der Waals surface area (Å²) in [5.41, 5.74) is 1.13. The van der Waals surface area contributed by atoms with Crippen LogP contribution in [0.1, 0.15) is 5.56 Å². The average molecular weight is 274 g/mol. The number of ether oxygens (including phenoxy) is 1. The Bertz CT molecular complexity index is 448. The topological polar surface area (TPSA) is 41.6 Å². The highest BCUT2D eigenvalue weighted by atomic mass is 16.5. The van der Waals surface area contributed by atoms with Gasteiger partial charge in [0, 0.05) is 19.6 Å². The summed E-state index contributed by atoms with van der Waals surface area (Å²) in [7, 11) is 1.64. The molecule has 0 fully saturated rings. The van der Waals surface area contributed by atoms with Crippen LogP contribution >= 0.6 is 0 Å². The van der Waals surface area contributed by atoms with Gasteiger partial charge in [0.2, 0.25) is 0 Å². The zero-order chi connectivity index (χ0) is 14.8. The quantitative estimate of drug-likeness (QED) is 0.740. The van der Waals surface area contributed by atoms with Crippen LogP contribution < -0.4 is 10.1 Å². The van der Waals surface area contributed by atoms with Crippen molar-refractivity contribution in [2.24, 2.45) is 0 Å². The fourth-order valence-corrected chi connectivity index (χ4v) is 1.81. The summed E-state index contributed by atoms with van der Waals surface area (Å²) in [6, 6.07) is 7.72. The second-order valence-electron chi connectivity index (χ2n) is 4.32. The van der Waals surface area contributed by atoms with Gasteiger partial charge in [-0.15, -0.1) is 13.2 Å². The van der Waals surface area contributed by atoms with E-state index in [9.17, 15) is 4.79 Å². The van der Waals surface area contributed by atoms with Crippen molar-refractivity contribution in [3.8, 4) is 5.75 Å². The lowest BCUT2D eigenvalue weighted by Crippen LogP contribution is -2.40. The molecule has 0 unspecified atom stereocenters. The molecule has 0 spiro atoms. The maximum Gasteiger partial charge on any atom is 0.317 e. The molecule has 2 amide bonds. The molecule has 0 aliphatic carbocycles. The Hall–Kier alpha value is -2.23. The molecule has 0 saturated heterocycles. The fourth-order valence-electron chi connectivity index (χ4n) is 1.81. The Morgan fingerprint density at radius 1 is 1.35 bits per heavy atom. The molecule has 20 heavy (non-hydrogen) atoms. The van der Waals surface area contributed by atoms with Gasteiger partial charge in [-0.1, -0.05) is 24.3 Å². The monoisotopic (exact) mass is 274 g/mol. The van der Waals surface area contributed by atoms with Gasteiger partial charge < -0.3 is 15.0 Å². The summed E-state index contributed by atoms with van der Waals surface area (Å²) in [4.78, 5) is 13.6. The summed E-state index contributed by atoms with van der Waals surface area (Å²) in [5.74, 6) is 0.828. The van der Waals surface area contributed by atoms with Gasteiger partial charge in [0.15, 0.2) is 0 Å². The minimum absolute atomic E-state index is 0.104. The van der Waals surface area contributed by atoms with E-state index in [0.29, 0.717) is 19.6 Å². The first-order chi connectivity index (χ1) is 9.71. The standard InChI is InChI=1S/C16H22N2O2/c1-4-11-18(12-5-2)16(19)17-10-9-14-7-6-8-15(13-14)20-3/h4-8,13H,1-2,9-12H2,3H3,(H,17,19). The van der Waals surface area contributed by atoms with Crippen molar-refractivity contribution in [2.45, 2.75) is 6.42 Å². The highest BCUT2D eigenvalue weighted by molar-refractivity contribution is 5.74. The van der Waals surface area contributed by atoms with Crippen molar-refractivity contribution in [3.05, 3.63) is 55.1 Å². The van der Waals surface area contributed by atoms with Crippen LogP contribution in [0.15, 0.2) is 49.6 Å². The second-order valence-corrected chi connectivity index (χ2v) is 4.32. The van der Waals surface area contributed by atoms with Crippen LogP contribution in [0.3, 0.4) is 0 Å². The van der Waals surface area contributed by atoms with Crippen LogP contribution in [0, 0.1) is 0 Å². The molecule has 0 saturated carbocycles. The molecule has 0 heterocycles. The Labute approximate surface area is 120 Å². The van der Waals surface area contributed by atoms with E-state index in [0.717, 1.165) is 17.7 Å². The van der Waals surface area contributed by atoms with Crippen LogP contribution in [-0.4, -0.2) is 37.7 Å². The van der Waals surface area contributed by atoms with Gasteiger partial charge >= 0.3 is 6.03 Å². The van der Waals surface area contributed by atoms with E-state index in [1.807, 2.05) is 24.3 Å². The van der Waals surface area contributed by atoms with Crippen molar-refractivity contribution in [1.29, 1.82) is 0 Å². The third-order valence-corrected chi connectivity index (χ3v) is 2.81. The summed E-state index contributed by atoms with van der Waals surface area (Å²) in [5, 5.41) is 2.89. The minimum atomic E-state index is -0.104. The van der Waals surface area contributed by atoms with Crippen molar-refractivity contribution in [2.75, 3.05) is 26.7 Å². The third kappa shape index (κ3) is 5.18. The Balaban J connectivity index is 2.43. The summed E-state index contributed by atoms with van der Waals surface area (Å²) in [6.45, 7) is 8.89. The van der Waals surface area contributed by atoms with Gasteiger partial charge in [0.05, 0.1) is 7.11 Å². The lowest BCUT2D eigenvalue weighted by molar-refractivity contribution is 0.208. The predicted octanol–water partition coefficient (Wildman–Crippen LogP) is 2.62. The molecule has 1 aromatic carbocycles. The first-order valence-electron chi connectivity index (χ1n) is 6.58. The molecule has 0 bridgehead atoms. The van der Waals surface area contributed by atoms with Gasteiger partial charge in [-0.05, 0) is 24.1 Å². The number of nitrogens with one attached hydrogen (secondary N) is 1. The summed E-state index contributed by atoms with van der Waals surface area (Å²) in [6.07, 6.45) is 4.16. The number of benzene rings is 1. The van der Waals surface area contributed by atoms with Crippen LogP contribution in [0.25, 0.3) is 0 Å². The lowest BCUT2D eigenvalue weighted by Gasteiger charge is -2.19. The third-order valence-electron chi connectivity index (χ3n) is 2.81. The summed E-state index contributed by atoms with van der Waals surface area (Å²) < 4.78 is 5.17. The highest BCUT2D eigenvalue weighted by Gasteiger charge is 2.09. The van der Waals surface area contributed by atoms with Gasteiger partial charge in [-0.2, -0.15) is 0 Å². The van der Waals surface area contributed by atoms with E-state index in [4.69, 9.17) is 4.74 Å². The smallest absolute Gasteiger partial charge is 0.317 e. The molecular weight excluding hydrogens is 252 g/mol. The molecular formula is C16H22N2O2. The number of carbonyl (C=O) groups is 1. The molecule has 0 atom stereocenters. The average Bonchev–Trinajstić information content (AvgIpc) is 2.47. The van der Waals surface area contributed by atoms with E-state index in [2.05, 4.69) is 18.5 Å². The zero-order valence-electron chi connectivity index (χ0n) is 12.0. The number of carbonyl (C=O) groups excluding carboxylic acids is 1. The molecule has 0 radical (unpaired) electrons. The number of methoxy groups -OCH3 is 1. The lowest BCUT2D eigenvalue weighted by atomic mass is 10.1. The number of rotatable bonds is 8. The molecule has 0 aliphatic heterocycles. The van der Waals surface area contributed by atoms with Crippen LogP contribution in [0.5, 0.6) is 5.75 Å². The van der Waals surface area contributed by atoms with Crippen molar-refractivity contribution in [1.82, 2.24) is 10.2 Å². The van der Waals surface area contributed by atoms with E-state index in [1.54, 1.807) is 24.2 Å². The largest absolute Gasteiger partial charge is 0.497 e. The number of hydrogen-bond acceptors (Lipinski definition) is 2. The Morgan fingerprint density at radius 2 is 2.05 bits per heavy atom. The maximum atomic E-state index is 11.9. The van der Waals surface area contributed by atoms with Crippen molar-refractivity contribution < 1.29 is 9.53 Å². The number of nitrogens with zero attached hydrogens (tertiary/aromatic N) is 1. The molecule has 4 heteroatoms. The Kier molecular flexibility index (Phi) is 6.96. The molecule has 1 N–H and O–H groups in total. The van der Waals surface area contributed by atoms with Crippen LogP contribution in [0.4, 0.5) is 4.79 Å². The van der Waals surface area contributed by atoms with E-state index in [-0.39, 0.29) is 6.03 Å². The van der Waals surface area contributed by atoms with Crippen LogP contribution in [0.2, 0.25) is 0 Å². The zero-order valence-corrected chi connectivity index (χ0v) is 12.0. The SMILES string of the molecule is C=CCN(CC=C)C(=O)NCCc1cccc(OC)c1. The van der Waals surface area contributed by atoms with Gasteiger partial charge in [-0.25, -0.2) is 4.79 Å². The summed E-state index contributed by atoms with van der Waals surface area (Å²) >= 11 is 0. The number of hydrogen-bond donors (Lipinski definition) is 1. The maximum absolute atomic E-state index is 11.9. The molecule has 1 rings (SSSR count). The second kappa shape index (κ2) is 8.80. The van der Waals surface area contributed by atoms with E-state index < -0.39 is 0 Å². The minimum Gasteiger partial charge on any atom is -0.497 e. The van der Waals surface area contributed by atoms with E-state index in [1.165, 1.54) is 0 Å². The first kappa shape index (κ1) is 15.8. The Morgan fingerprint density at radius 3 is 2.65 bits per heavy atom. The van der Waals surface area contributed by atoms with E-state index >= 15 is 0 Å². The van der Waals surface area contributed by atoms with Gasteiger partial charge in [0.25, 0.3) is 0 Å². The highest BCUT2D eigenvalue weighted by Crippen LogP contribution is 2.12. The molecule has 0 aromatic heterocycles.